The molecule has 0 saturated carbocycles. The number of nitrogens with two attached hydrogens (primary N) is 1. The Balaban J connectivity index is 1.98. The summed E-state index contributed by atoms with van der Waals surface area (Å²) in [5.41, 5.74) is 6.60. The van der Waals surface area contributed by atoms with Crippen LogP contribution in [0, 0.1) is 0 Å². The van der Waals surface area contributed by atoms with E-state index < -0.39 is 0 Å². The summed E-state index contributed by atoms with van der Waals surface area (Å²) in [6.07, 6.45) is 5.28. The van der Waals surface area contributed by atoms with Gasteiger partial charge in [-0.2, -0.15) is 0 Å². The van der Waals surface area contributed by atoms with Crippen LogP contribution in [0.25, 0.3) is 0 Å². The Labute approximate surface area is 102 Å². The van der Waals surface area contributed by atoms with Crippen LogP contribution in [0.4, 0.5) is 0 Å². The fraction of sp³-hybridized carbons (Fsp3) is 0.667. The minimum Gasteiger partial charge on any atom is -0.448 e. The minimum absolute atomic E-state index is 0.416. The van der Waals surface area contributed by atoms with E-state index in [2.05, 4.69) is 4.90 Å². The molecule has 1 aliphatic heterocycles. The predicted molar refractivity (Wildman–Crippen MR) is 65.4 cm³/mol. The third-order valence-electron chi connectivity index (χ3n) is 3.10. The second-order valence-corrected chi connectivity index (χ2v) is 4.75. The van der Waals surface area contributed by atoms with Crippen molar-refractivity contribution in [3.63, 3.8) is 0 Å². The Morgan fingerprint density at radius 3 is 2.50 bits per heavy atom. The van der Waals surface area contributed by atoms with E-state index in [9.17, 15) is 0 Å². The smallest absolute Gasteiger partial charge is 0.197 e. The van der Waals surface area contributed by atoms with Crippen LogP contribution in [0.1, 0.15) is 37.0 Å². The summed E-state index contributed by atoms with van der Waals surface area (Å²) in [6, 6.07) is 1.98. The van der Waals surface area contributed by atoms with E-state index in [-0.39, 0.29) is 0 Å². The van der Waals surface area contributed by atoms with Crippen LogP contribution >= 0.6 is 11.6 Å². The van der Waals surface area contributed by atoms with E-state index >= 15 is 0 Å². The molecule has 0 radical (unpaired) electrons. The molecule has 1 aromatic rings. The van der Waals surface area contributed by atoms with E-state index in [4.69, 9.17) is 21.8 Å². The molecule has 0 aliphatic carbocycles. The van der Waals surface area contributed by atoms with Crippen LogP contribution in [0.3, 0.4) is 0 Å². The Bertz CT molecular complexity index is 330. The SMILES string of the molecule is NCc1cc(CN2CCCCCC2)c(Cl)o1. The Morgan fingerprint density at radius 1 is 1.25 bits per heavy atom. The molecule has 16 heavy (non-hydrogen) atoms. The lowest BCUT2D eigenvalue weighted by Crippen LogP contribution is -2.23. The first-order valence-corrected chi connectivity index (χ1v) is 6.37. The lowest BCUT2D eigenvalue weighted by atomic mass is 10.2. The van der Waals surface area contributed by atoms with Crippen molar-refractivity contribution in [3.05, 3.63) is 22.6 Å². The van der Waals surface area contributed by atoms with Crippen molar-refractivity contribution in [2.45, 2.75) is 38.8 Å². The van der Waals surface area contributed by atoms with Crippen molar-refractivity contribution < 1.29 is 4.42 Å². The molecule has 0 atom stereocenters. The maximum Gasteiger partial charge on any atom is 0.197 e. The first-order chi connectivity index (χ1) is 7.79. The summed E-state index contributed by atoms with van der Waals surface area (Å²) < 4.78 is 5.35. The van der Waals surface area contributed by atoms with Crippen LogP contribution in [0.5, 0.6) is 0 Å². The highest BCUT2D eigenvalue weighted by Crippen LogP contribution is 2.23. The second-order valence-electron chi connectivity index (χ2n) is 4.41. The Hall–Kier alpha value is -0.510. The zero-order chi connectivity index (χ0) is 11.4. The quantitative estimate of drug-likeness (QED) is 0.886. The fourth-order valence-electron chi connectivity index (χ4n) is 2.20. The molecular weight excluding hydrogens is 224 g/mol. The van der Waals surface area contributed by atoms with Crippen LogP contribution in [0.2, 0.25) is 5.22 Å². The van der Waals surface area contributed by atoms with Crippen molar-refractivity contribution in [2.75, 3.05) is 13.1 Å². The molecule has 0 bridgehead atoms. The molecule has 1 aliphatic rings. The van der Waals surface area contributed by atoms with E-state index in [1.54, 1.807) is 0 Å². The summed E-state index contributed by atoms with van der Waals surface area (Å²) in [5.74, 6) is 0.773. The lowest BCUT2D eigenvalue weighted by Gasteiger charge is -2.18. The summed E-state index contributed by atoms with van der Waals surface area (Å²) in [5, 5.41) is 0.504. The highest BCUT2D eigenvalue weighted by Gasteiger charge is 2.14. The number of likely N-dealkylation sites (tertiary alicyclic amines) is 1. The highest BCUT2D eigenvalue weighted by molar-refractivity contribution is 6.29. The number of rotatable bonds is 3. The average Bonchev–Trinajstić information content (AvgIpc) is 2.51. The van der Waals surface area contributed by atoms with Crippen LogP contribution in [-0.2, 0) is 13.1 Å². The fourth-order valence-corrected chi connectivity index (χ4v) is 2.42. The number of halogens is 1. The van der Waals surface area contributed by atoms with Gasteiger partial charge in [-0.05, 0) is 43.6 Å². The molecule has 0 amide bonds. The van der Waals surface area contributed by atoms with Gasteiger partial charge in [-0.3, -0.25) is 4.90 Å². The summed E-state index contributed by atoms with van der Waals surface area (Å²) in [4.78, 5) is 2.45. The van der Waals surface area contributed by atoms with Crippen molar-refractivity contribution in [1.29, 1.82) is 0 Å². The number of hydrogen-bond donors (Lipinski definition) is 1. The molecule has 2 N–H and O–H groups in total. The largest absolute Gasteiger partial charge is 0.448 e. The third-order valence-corrected chi connectivity index (χ3v) is 3.42. The standard InChI is InChI=1S/C12H19ClN2O/c13-12-10(7-11(8-14)16-12)9-15-5-3-1-2-4-6-15/h7H,1-6,8-9,14H2. The lowest BCUT2D eigenvalue weighted by molar-refractivity contribution is 0.276. The Kier molecular flexibility index (Phi) is 4.27. The van der Waals surface area contributed by atoms with Gasteiger partial charge in [-0.15, -0.1) is 0 Å². The third kappa shape index (κ3) is 3.00. The van der Waals surface area contributed by atoms with Gasteiger partial charge < -0.3 is 10.2 Å². The molecular formula is C12H19ClN2O. The van der Waals surface area contributed by atoms with Gasteiger partial charge in [-0.1, -0.05) is 12.8 Å². The van der Waals surface area contributed by atoms with Crippen LogP contribution in [0.15, 0.2) is 10.5 Å². The van der Waals surface area contributed by atoms with E-state index in [0.29, 0.717) is 11.8 Å². The molecule has 0 aromatic carbocycles. The summed E-state index contributed by atoms with van der Waals surface area (Å²) in [7, 11) is 0. The van der Waals surface area contributed by atoms with Crippen molar-refractivity contribution in [1.82, 2.24) is 4.90 Å². The molecule has 2 rings (SSSR count). The summed E-state index contributed by atoms with van der Waals surface area (Å²) >= 11 is 6.03. The zero-order valence-electron chi connectivity index (χ0n) is 9.54. The molecule has 0 spiro atoms. The van der Waals surface area contributed by atoms with Crippen LogP contribution in [-0.4, -0.2) is 18.0 Å². The molecule has 1 saturated heterocycles. The van der Waals surface area contributed by atoms with Crippen molar-refractivity contribution in [2.24, 2.45) is 5.73 Å². The van der Waals surface area contributed by atoms with Gasteiger partial charge in [0, 0.05) is 12.1 Å². The predicted octanol–water partition coefficient (Wildman–Crippen LogP) is 2.77. The maximum absolute atomic E-state index is 6.03. The number of hydrogen-bond acceptors (Lipinski definition) is 3. The molecule has 2 heterocycles. The van der Waals surface area contributed by atoms with Gasteiger partial charge in [0.05, 0.1) is 6.54 Å². The molecule has 1 fully saturated rings. The van der Waals surface area contributed by atoms with Gasteiger partial charge in [0.15, 0.2) is 5.22 Å². The normalized spacial score (nSPS) is 18.6. The van der Waals surface area contributed by atoms with Gasteiger partial charge >= 0.3 is 0 Å². The highest BCUT2D eigenvalue weighted by atomic mass is 35.5. The topological polar surface area (TPSA) is 42.4 Å². The number of furan rings is 1. The second kappa shape index (κ2) is 5.71. The zero-order valence-corrected chi connectivity index (χ0v) is 10.3. The summed E-state index contributed by atoms with van der Waals surface area (Å²) in [6.45, 7) is 3.64. The van der Waals surface area contributed by atoms with Gasteiger partial charge in [0.2, 0.25) is 0 Å². The minimum atomic E-state index is 0.416. The van der Waals surface area contributed by atoms with Crippen molar-refractivity contribution in [3.8, 4) is 0 Å². The monoisotopic (exact) mass is 242 g/mol. The Morgan fingerprint density at radius 2 is 1.94 bits per heavy atom. The van der Waals surface area contributed by atoms with E-state index in [1.807, 2.05) is 6.07 Å². The van der Waals surface area contributed by atoms with Gasteiger partial charge in [-0.25, -0.2) is 0 Å². The molecule has 0 unspecified atom stereocenters. The van der Waals surface area contributed by atoms with Gasteiger partial charge in [0.1, 0.15) is 5.76 Å². The first-order valence-electron chi connectivity index (χ1n) is 5.99. The molecule has 3 nitrogen and oxygen atoms in total. The molecule has 90 valence electrons. The molecule has 1 aromatic heterocycles. The van der Waals surface area contributed by atoms with Crippen LogP contribution < -0.4 is 5.73 Å². The number of nitrogens with zero attached hydrogens (tertiary/aromatic N) is 1. The molecule has 4 heteroatoms. The average molecular weight is 243 g/mol. The maximum atomic E-state index is 6.03. The van der Waals surface area contributed by atoms with E-state index in [0.717, 1.165) is 17.9 Å². The van der Waals surface area contributed by atoms with E-state index in [1.165, 1.54) is 38.8 Å². The van der Waals surface area contributed by atoms with Crippen molar-refractivity contribution >= 4 is 11.6 Å². The first kappa shape index (κ1) is 12.0. The van der Waals surface area contributed by atoms with Gasteiger partial charge in [0.25, 0.3) is 0 Å².